The number of rotatable bonds is 3. The van der Waals surface area contributed by atoms with Gasteiger partial charge in [-0.3, -0.25) is 0 Å². The summed E-state index contributed by atoms with van der Waals surface area (Å²) in [5.41, 5.74) is 5.62. The molecule has 1 aliphatic carbocycles. The summed E-state index contributed by atoms with van der Waals surface area (Å²) in [5, 5.41) is 0. The molecular formula is C18H22N2O. The zero-order valence-electron chi connectivity index (χ0n) is 12.7. The molecule has 3 nitrogen and oxygen atoms in total. The summed E-state index contributed by atoms with van der Waals surface area (Å²) in [5.74, 6) is 2.27. The van der Waals surface area contributed by atoms with Crippen molar-refractivity contribution in [1.82, 2.24) is 9.55 Å². The van der Waals surface area contributed by atoms with E-state index in [2.05, 4.69) is 29.7 Å². The van der Waals surface area contributed by atoms with Gasteiger partial charge in [0.25, 0.3) is 0 Å². The molecular weight excluding hydrogens is 260 g/mol. The first kappa shape index (κ1) is 12.9. The summed E-state index contributed by atoms with van der Waals surface area (Å²) in [6, 6.07) is 6.66. The molecule has 4 rings (SSSR count). The van der Waals surface area contributed by atoms with Gasteiger partial charge in [0.15, 0.2) is 0 Å². The lowest BCUT2D eigenvalue weighted by Gasteiger charge is -2.15. The zero-order valence-corrected chi connectivity index (χ0v) is 12.7. The molecule has 0 fully saturated rings. The molecule has 0 saturated heterocycles. The first-order valence-electron chi connectivity index (χ1n) is 8.11. The predicted octanol–water partition coefficient (Wildman–Crippen LogP) is 3.25. The molecule has 1 aliphatic heterocycles. The van der Waals surface area contributed by atoms with Crippen LogP contribution in [-0.2, 0) is 32.2 Å². The lowest BCUT2D eigenvalue weighted by Crippen LogP contribution is -2.11. The van der Waals surface area contributed by atoms with Crippen LogP contribution in [0, 0.1) is 6.92 Å². The van der Waals surface area contributed by atoms with E-state index in [1.54, 1.807) is 0 Å². The second-order valence-electron chi connectivity index (χ2n) is 6.20. The van der Waals surface area contributed by atoms with Gasteiger partial charge in [-0.25, -0.2) is 4.98 Å². The molecule has 110 valence electrons. The van der Waals surface area contributed by atoms with Crippen LogP contribution in [0.2, 0.25) is 0 Å². The summed E-state index contributed by atoms with van der Waals surface area (Å²) in [7, 11) is 0. The molecule has 0 radical (unpaired) electrons. The normalized spacial score (nSPS) is 16.4. The lowest BCUT2D eigenvalue weighted by atomic mass is 10.0. The molecule has 0 spiro atoms. The first-order chi connectivity index (χ1) is 10.3. The molecule has 0 N–H and O–H groups in total. The maximum Gasteiger partial charge on any atom is 0.122 e. The average molecular weight is 282 g/mol. The number of aromatic nitrogens is 2. The second-order valence-corrected chi connectivity index (χ2v) is 6.20. The summed E-state index contributed by atoms with van der Waals surface area (Å²) in [4.78, 5) is 4.76. The van der Waals surface area contributed by atoms with Crippen molar-refractivity contribution in [3.8, 4) is 5.75 Å². The summed E-state index contributed by atoms with van der Waals surface area (Å²) >= 11 is 0. The maximum atomic E-state index is 5.58. The van der Waals surface area contributed by atoms with E-state index in [0.29, 0.717) is 0 Å². The summed E-state index contributed by atoms with van der Waals surface area (Å²) < 4.78 is 8.02. The summed E-state index contributed by atoms with van der Waals surface area (Å²) in [6.45, 7) is 4.04. The van der Waals surface area contributed by atoms with Crippen molar-refractivity contribution in [3.05, 3.63) is 46.5 Å². The van der Waals surface area contributed by atoms with Crippen LogP contribution in [-0.4, -0.2) is 16.2 Å². The quantitative estimate of drug-likeness (QED) is 0.864. The molecule has 21 heavy (non-hydrogen) atoms. The maximum absolute atomic E-state index is 5.58. The first-order valence-corrected chi connectivity index (χ1v) is 8.11. The average Bonchev–Trinajstić information content (AvgIpc) is 3.08. The van der Waals surface area contributed by atoms with Crippen molar-refractivity contribution in [2.75, 3.05) is 6.61 Å². The van der Waals surface area contributed by atoms with E-state index in [-0.39, 0.29) is 0 Å². The smallest absolute Gasteiger partial charge is 0.122 e. The highest BCUT2D eigenvalue weighted by atomic mass is 16.5. The Morgan fingerprint density at radius 1 is 1.19 bits per heavy atom. The van der Waals surface area contributed by atoms with Crippen molar-refractivity contribution in [3.63, 3.8) is 0 Å². The van der Waals surface area contributed by atoms with Gasteiger partial charge in [-0.2, -0.15) is 0 Å². The molecule has 0 saturated carbocycles. The number of benzene rings is 1. The predicted molar refractivity (Wildman–Crippen MR) is 83.0 cm³/mol. The van der Waals surface area contributed by atoms with E-state index in [0.717, 1.165) is 31.7 Å². The number of ether oxygens (including phenoxy) is 1. The Morgan fingerprint density at radius 3 is 3.05 bits per heavy atom. The molecule has 1 aromatic heterocycles. The van der Waals surface area contributed by atoms with Crippen LogP contribution >= 0.6 is 0 Å². The Labute approximate surface area is 126 Å². The van der Waals surface area contributed by atoms with Gasteiger partial charge in [0.2, 0.25) is 0 Å². The van der Waals surface area contributed by atoms with E-state index >= 15 is 0 Å². The van der Waals surface area contributed by atoms with Crippen LogP contribution < -0.4 is 4.74 Å². The second kappa shape index (κ2) is 5.21. The molecule has 3 heteroatoms. The lowest BCUT2D eigenvalue weighted by molar-refractivity contribution is 0.357. The van der Waals surface area contributed by atoms with Gasteiger partial charge in [-0.05, 0) is 56.2 Å². The van der Waals surface area contributed by atoms with Crippen LogP contribution in [0.15, 0.2) is 18.2 Å². The van der Waals surface area contributed by atoms with Gasteiger partial charge in [-0.15, -0.1) is 0 Å². The van der Waals surface area contributed by atoms with E-state index in [1.807, 2.05) is 0 Å². The van der Waals surface area contributed by atoms with Crippen LogP contribution in [0.5, 0.6) is 5.75 Å². The van der Waals surface area contributed by atoms with Crippen LogP contribution in [0.3, 0.4) is 0 Å². The van der Waals surface area contributed by atoms with Gasteiger partial charge in [0.05, 0.1) is 12.3 Å². The van der Waals surface area contributed by atoms with Crippen molar-refractivity contribution >= 4 is 0 Å². The largest absolute Gasteiger partial charge is 0.493 e. The van der Waals surface area contributed by atoms with Gasteiger partial charge in [0.1, 0.15) is 11.6 Å². The number of hydrogen-bond donors (Lipinski definition) is 0. The number of aryl methyl sites for hydroxylation is 3. The SMILES string of the molecule is Cc1nc2c(n1CCc1ccc3c(c1)CCO3)CCCC2. The number of hydrogen-bond acceptors (Lipinski definition) is 2. The van der Waals surface area contributed by atoms with Crippen LogP contribution in [0.4, 0.5) is 0 Å². The zero-order chi connectivity index (χ0) is 14.2. The van der Waals surface area contributed by atoms with Crippen molar-refractivity contribution in [2.24, 2.45) is 0 Å². The number of imidazole rings is 1. The third-order valence-corrected chi connectivity index (χ3v) is 4.80. The van der Waals surface area contributed by atoms with E-state index in [1.165, 1.54) is 54.0 Å². The highest BCUT2D eigenvalue weighted by Gasteiger charge is 2.18. The minimum absolute atomic E-state index is 0.840. The van der Waals surface area contributed by atoms with Gasteiger partial charge in [0, 0.05) is 18.7 Å². The molecule has 0 unspecified atom stereocenters. The fourth-order valence-electron chi connectivity index (χ4n) is 3.67. The Kier molecular flexibility index (Phi) is 3.21. The monoisotopic (exact) mass is 282 g/mol. The number of fused-ring (bicyclic) bond motifs is 2. The molecule has 0 bridgehead atoms. The topological polar surface area (TPSA) is 27.1 Å². The van der Waals surface area contributed by atoms with E-state index in [9.17, 15) is 0 Å². The third-order valence-electron chi connectivity index (χ3n) is 4.80. The van der Waals surface area contributed by atoms with Crippen molar-refractivity contribution in [2.45, 2.75) is 52.0 Å². The number of nitrogens with zero attached hydrogens (tertiary/aromatic N) is 2. The molecule has 2 aromatic rings. The Hall–Kier alpha value is -1.77. The molecule has 2 heterocycles. The third kappa shape index (κ3) is 2.35. The highest BCUT2D eigenvalue weighted by Crippen LogP contribution is 2.27. The standard InChI is InChI=1S/C18H22N2O/c1-13-19-16-4-2-3-5-17(16)20(13)10-8-14-6-7-18-15(12-14)9-11-21-18/h6-7,12H,2-5,8-11H2,1H3. The summed E-state index contributed by atoms with van der Waals surface area (Å²) in [6.07, 6.45) is 7.12. The fraction of sp³-hybridized carbons (Fsp3) is 0.500. The van der Waals surface area contributed by atoms with Crippen LogP contribution in [0.1, 0.15) is 41.2 Å². The van der Waals surface area contributed by atoms with Gasteiger partial charge in [-0.1, -0.05) is 12.1 Å². The highest BCUT2D eigenvalue weighted by molar-refractivity contribution is 5.39. The molecule has 1 aromatic carbocycles. The van der Waals surface area contributed by atoms with Gasteiger partial charge < -0.3 is 9.30 Å². The Bertz CT molecular complexity index is 672. The minimum atomic E-state index is 0.840. The molecule has 0 amide bonds. The molecule has 0 atom stereocenters. The minimum Gasteiger partial charge on any atom is -0.493 e. The Morgan fingerprint density at radius 2 is 2.10 bits per heavy atom. The fourth-order valence-corrected chi connectivity index (χ4v) is 3.67. The van der Waals surface area contributed by atoms with Gasteiger partial charge >= 0.3 is 0 Å². The Balaban J connectivity index is 1.53. The van der Waals surface area contributed by atoms with Crippen molar-refractivity contribution in [1.29, 1.82) is 0 Å². The molecule has 2 aliphatic rings. The van der Waals surface area contributed by atoms with Crippen molar-refractivity contribution < 1.29 is 4.74 Å². The van der Waals surface area contributed by atoms with Crippen LogP contribution in [0.25, 0.3) is 0 Å². The van der Waals surface area contributed by atoms with E-state index < -0.39 is 0 Å². The van der Waals surface area contributed by atoms with E-state index in [4.69, 9.17) is 9.72 Å².